The summed E-state index contributed by atoms with van der Waals surface area (Å²) in [5.41, 5.74) is 1.42. The van der Waals surface area contributed by atoms with Gasteiger partial charge >= 0.3 is 0 Å². The van der Waals surface area contributed by atoms with E-state index >= 15 is 0 Å². The highest BCUT2D eigenvalue weighted by molar-refractivity contribution is 8.14. The zero-order valence-corrected chi connectivity index (χ0v) is 10.2. The Balaban J connectivity index is 2.15. The van der Waals surface area contributed by atoms with Gasteiger partial charge < -0.3 is 10.0 Å². The van der Waals surface area contributed by atoms with Crippen LogP contribution in [-0.2, 0) is 12.1 Å². The highest BCUT2D eigenvalue weighted by Crippen LogP contribution is 2.51. The Hall–Kier alpha value is -1.00. The second-order valence-corrected chi connectivity index (χ2v) is 5.43. The van der Waals surface area contributed by atoms with Gasteiger partial charge in [-0.1, -0.05) is 36.0 Å². The molecule has 1 N–H and O–H groups in total. The molecule has 1 saturated heterocycles. The fourth-order valence-electron chi connectivity index (χ4n) is 2.65. The minimum Gasteiger partial charge on any atom is -0.366 e. The van der Waals surface area contributed by atoms with Crippen molar-refractivity contribution in [2.24, 2.45) is 4.99 Å². The molecule has 0 spiro atoms. The van der Waals surface area contributed by atoms with Crippen LogP contribution >= 0.6 is 11.8 Å². The summed E-state index contributed by atoms with van der Waals surface area (Å²) < 4.78 is 0. The Kier molecular flexibility index (Phi) is 2.06. The number of amidine groups is 1. The van der Waals surface area contributed by atoms with Gasteiger partial charge in [0.1, 0.15) is 0 Å². The standard InChI is InChI=1S/C12H14N2OS/c1-13-11-14(2)12(15)9-6-4-3-5-8(9)7-10(12)16-11/h3-6,10,15H,7H2,1-2H3. The van der Waals surface area contributed by atoms with E-state index in [0.29, 0.717) is 0 Å². The van der Waals surface area contributed by atoms with Gasteiger partial charge in [-0.3, -0.25) is 4.99 Å². The molecule has 1 aliphatic carbocycles. The molecule has 1 aromatic carbocycles. The Labute approximate surface area is 99.2 Å². The molecule has 0 bridgehead atoms. The minimum absolute atomic E-state index is 0.175. The molecule has 0 aromatic heterocycles. The van der Waals surface area contributed by atoms with Crippen molar-refractivity contribution in [3.8, 4) is 0 Å². The number of hydrogen-bond acceptors (Lipinski definition) is 3. The number of aliphatic imine (C=N–C) groups is 1. The van der Waals surface area contributed by atoms with Crippen LogP contribution in [0.5, 0.6) is 0 Å². The summed E-state index contributed by atoms with van der Waals surface area (Å²) in [5, 5.41) is 12.0. The average molecular weight is 234 g/mol. The third-order valence-electron chi connectivity index (χ3n) is 3.51. The van der Waals surface area contributed by atoms with E-state index in [9.17, 15) is 5.11 Å². The van der Waals surface area contributed by atoms with Crippen LogP contribution in [-0.4, -0.2) is 34.5 Å². The van der Waals surface area contributed by atoms with E-state index in [4.69, 9.17) is 0 Å². The van der Waals surface area contributed by atoms with E-state index in [1.54, 1.807) is 18.8 Å². The van der Waals surface area contributed by atoms with Crippen LogP contribution in [0.2, 0.25) is 0 Å². The third-order valence-corrected chi connectivity index (χ3v) is 4.95. The highest BCUT2D eigenvalue weighted by atomic mass is 32.2. The van der Waals surface area contributed by atoms with Gasteiger partial charge in [0.05, 0.1) is 5.25 Å². The SMILES string of the molecule is CN=C1SC2Cc3ccccc3C2(O)N1C. The smallest absolute Gasteiger partial charge is 0.178 e. The van der Waals surface area contributed by atoms with Crippen LogP contribution in [0.1, 0.15) is 11.1 Å². The lowest BCUT2D eigenvalue weighted by molar-refractivity contribution is -0.0496. The molecule has 0 saturated carbocycles. The number of nitrogens with zero attached hydrogens (tertiary/aromatic N) is 2. The first-order chi connectivity index (χ1) is 7.67. The van der Waals surface area contributed by atoms with Crippen molar-refractivity contribution in [1.29, 1.82) is 0 Å². The normalized spacial score (nSPS) is 34.3. The van der Waals surface area contributed by atoms with Crippen molar-refractivity contribution in [3.05, 3.63) is 35.4 Å². The lowest BCUT2D eigenvalue weighted by atomic mass is 10.0. The van der Waals surface area contributed by atoms with Crippen LogP contribution in [0.4, 0.5) is 0 Å². The first-order valence-electron chi connectivity index (χ1n) is 5.36. The lowest BCUT2D eigenvalue weighted by Crippen LogP contribution is -2.44. The van der Waals surface area contributed by atoms with Crippen LogP contribution in [0.15, 0.2) is 29.3 Å². The molecular weight excluding hydrogens is 220 g/mol. The molecule has 0 radical (unpaired) electrons. The van der Waals surface area contributed by atoms with Crippen molar-refractivity contribution in [1.82, 2.24) is 4.90 Å². The Bertz CT molecular complexity index is 474. The Morgan fingerprint density at radius 2 is 2.25 bits per heavy atom. The van der Waals surface area contributed by atoms with E-state index in [1.165, 1.54) is 5.56 Å². The summed E-state index contributed by atoms with van der Waals surface area (Å²) in [7, 11) is 3.69. The molecular formula is C12H14N2OS. The summed E-state index contributed by atoms with van der Waals surface area (Å²) >= 11 is 1.67. The maximum absolute atomic E-state index is 10.9. The molecule has 1 fully saturated rings. The maximum atomic E-state index is 10.9. The number of hydrogen-bond donors (Lipinski definition) is 1. The van der Waals surface area contributed by atoms with E-state index in [-0.39, 0.29) is 5.25 Å². The fourth-order valence-corrected chi connectivity index (χ4v) is 4.02. The van der Waals surface area contributed by atoms with Gasteiger partial charge in [-0.25, -0.2) is 0 Å². The summed E-state index contributed by atoms with van der Waals surface area (Å²) in [6.45, 7) is 0. The van der Waals surface area contributed by atoms with E-state index < -0.39 is 5.72 Å². The zero-order valence-electron chi connectivity index (χ0n) is 9.34. The summed E-state index contributed by atoms with van der Waals surface area (Å²) in [4.78, 5) is 6.11. The summed E-state index contributed by atoms with van der Waals surface area (Å²) in [5.74, 6) is 0. The maximum Gasteiger partial charge on any atom is 0.178 e. The van der Waals surface area contributed by atoms with Crippen LogP contribution < -0.4 is 0 Å². The highest BCUT2D eigenvalue weighted by Gasteiger charge is 2.55. The number of thioether (sulfide) groups is 1. The monoisotopic (exact) mass is 234 g/mol. The number of benzene rings is 1. The Morgan fingerprint density at radius 3 is 3.00 bits per heavy atom. The van der Waals surface area contributed by atoms with Gasteiger partial charge in [0.15, 0.2) is 10.9 Å². The van der Waals surface area contributed by atoms with Gasteiger partial charge in [-0.05, 0) is 12.0 Å². The van der Waals surface area contributed by atoms with Gasteiger partial charge in [0, 0.05) is 19.7 Å². The quantitative estimate of drug-likeness (QED) is 0.737. The molecule has 3 rings (SSSR count). The van der Waals surface area contributed by atoms with Crippen LogP contribution in [0.25, 0.3) is 0 Å². The molecule has 16 heavy (non-hydrogen) atoms. The second kappa shape index (κ2) is 3.25. The molecule has 1 heterocycles. The molecule has 4 heteroatoms. The average Bonchev–Trinajstić information content (AvgIpc) is 2.72. The number of fused-ring (bicyclic) bond motifs is 3. The van der Waals surface area contributed by atoms with Crippen LogP contribution in [0.3, 0.4) is 0 Å². The Morgan fingerprint density at radius 1 is 1.50 bits per heavy atom. The molecule has 2 unspecified atom stereocenters. The van der Waals surface area contributed by atoms with Crippen molar-refractivity contribution < 1.29 is 5.11 Å². The predicted molar refractivity (Wildman–Crippen MR) is 66.5 cm³/mol. The third kappa shape index (κ3) is 1.06. The molecule has 2 atom stereocenters. The zero-order chi connectivity index (χ0) is 11.3. The first kappa shape index (κ1) is 10.2. The lowest BCUT2D eigenvalue weighted by Gasteiger charge is -2.31. The molecule has 84 valence electrons. The molecule has 2 aliphatic rings. The van der Waals surface area contributed by atoms with E-state index in [2.05, 4.69) is 11.1 Å². The topological polar surface area (TPSA) is 35.8 Å². The second-order valence-electron chi connectivity index (χ2n) is 4.26. The number of aliphatic hydroxyl groups is 1. The van der Waals surface area contributed by atoms with Gasteiger partial charge in [-0.15, -0.1) is 0 Å². The summed E-state index contributed by atoms with van der Waals surface area (Å²) in [6.07, 6.45) is 0.917. The predicted octanol–water partition coefficient (Wildman–Crippen LogP) is 1.42. The van der Waals surface area contributed by atoms with Crippen molar-refractivity contribution in [3.63, 3.8) is 0 Å². The largest absolute Gasteiger partial charge is 0.366 e. The van der Waals surface area contributed by atoms with E-state index in [1.807, 2.05) is 30.1 Å². The van der Waals surface area contributed by atoms with Crippen molar-refractivity contribution >= 4 is 16.9 Å². The van der Waals surface area contributed by atoms with Gasteiger partial charge in [-0.2, -0.15) is 0 Å². The molecule has 0 amide bonds. The van der Waals surface area contributed by atoms with Crippen molar-refractivity contribution in [2.45, 2.75) is 17.4 Å². The van der Waals surface area contributed by atoms with Crippen molar-refractivity contribution in [2.75, 3.05) is 14.1 Å². The van der Waals surface area contributed by atoms with Gasteiger partial charge in [0.25, 0.3) is 0 Å². The summed E-state index contributed by atoms with van der Waals surface area (Å²) in [6, 6.07) is 8.13. The molecule has 3 nitrogen and oxygen atoms in total. The number of rotatable bonds is 0. The van der Waals surface area contributed by atoms with Gasteiger partial charge in [0.2, 0.25) is 0 Å². The first-order valence-corrected chi connectivity index (χ1v) is 6.24. The van der Waals surface area contributed by atoms with E-state index in [0.717, 1.165) is 17.2 Å². The van der Waals surface area contributed by atoms with Crippen LogP contribution in [0, 0.1) is 0 Å². The molecule has 1 aromatic rings. The minimum atomic E-state index is -0.865. The fraction of sp³-hybridized carbons (Fsp3) is 0.417. The molecule has 1 aliphatic heterocycles.